The van der Waals surface area contributed by atoms with Crippen molar-refractivity contribution in [2.24, 2.45) is 0 Å². The monoisotopic (exact) mass is 478 g/mol. The fourth-order valence-corrected chi connectivity index (χ4v) is 5.16. The number of benzene rings is 4. The third-order valence-corrected chi connectivity index (χ3v) is 6.84. The smallest absolute Gasteiger partial charge is 0.194 e. The van der Waals surface area contributed by atoms with Gasteiger partial charge in [0.1, 0.15) is 0 Å². The summed E-state index contributed by atoms with van der Waals surface area (Å²) in [5, 5.41) is 1.05. The van der Waals surface area contributed by atoms with Crippen molar-refractivity contribution in [2.45, 2.75) is 0 Å². The molecule has 2 nitrogen and oxygen atoms in total. The zero-order valence-corrected chi connectivity index (χ0v) is 19.3. The summed E-state index contributed by atoms with van der Waals surface area (Å²) in [6, 6.07) is 26.0. The lowest BCUT2D eigenvalue weighted by Gasteiger charge is -2.23. The van der Waals surface area contributed by atoms with Crippen molar-refractivity contribution < 1.29 is 9.59 Å². The molecule has 2 aliphatic carbocycles. The van der Waals surface area contributed by atoms with Crippen LogP contribution in [0.3, 0.4) is 0 Å². The second-order valence-electron chi connectivity index (χ2n) is 8.29. The fraction of sp³-hybridized carbons (Fsp3) is 0. The molecule has 0 amide bonds. The van der Waals surface area contributed by atoms with E-state index < -0.39 is 0 Å². The van der Waals surface area contributed by atoms with E-state index in [-0.39, 0.29) is 11.6 Å². The highest BCUT2D eigenvalue weighted by molar-refractivity contribution is 6.32. The summed E-state index contributed by atoms with van der Waals surface area (Å²) < 4.78 is 0. The number of ketones is 2. The van der Waals surface area contributed by atoms with Crippen molar-refractivity contribution in [1.82, 2.24) is 0 Å². The average Bonchev–Trinajstić information content (AvgIpc) is 2.86. The number of hydrogen-bond acceptors (Lipinski definition) is 2. The van der Waals surface area contributed by atoms with E-state index in [1.54, 1.807) is 24.3 Å². The van der Waals surface area contributed by atoms with Crippen LogP contribution < -0.4 is 0 Å². The first-order chi connectivity index (χ1) is 16.5. The topological polar surface area (TPSA) is 34.1 Å². The predicted octanol–water partition coefficient (Wildman–Crippen LogP) is 7.65. The van der Waals surface area contributed by atoms with E-state index in [9.17, 15) is 9.59 Å². The van der Waals surface area contributed by atoms with Crippen LogP contribution in [0, 0.1) is 0 Å². The summed E-state index contributed by atoms with van der Waals surface area (Å²) in [7, 11) is 0. The van der Waals surface area contributed by atoms with Crippen LogP contribution in [0.25, 0.3) is 11.1 Å². The van der Waals surface area contributed by atoms with Crippen LogP contribution in [0.1, 0.15) is 54.1 Å². The number of carbonyl (C=O) groups excluding carboxylic acids is 2. The largest absolute Gasteiger partial charge is 0.289 e. The van der Waals surface area contributed by atoms with Crippen LogP contribution >= 0.6 is 23.2 Å². The zero-order chi connectivity index (χ0) is 23.4. The van der Waals surface area contributed by atoms with Crippen molar-refractivity contribution in [3.8, 4) is 0 Å². The summed E-state index contributed by atoms with van der Waals surface area (Å²) in [5.74, 6) is -0.0713. The number of halogens is 2. The Labute approximate surface area is 206 Å². The predicted molar refractivity (Wildman–Crippen MR) is 137 cm³/mol. The lowest BCUT2D eigenvalue weighted by Crippen LogP contribution is -2.15. The molecule has 0 aliphatic heterocycles. The van der Waals surface area contributed by atoms with E-state index in [0.717, 1.165) is 33.4 Å². The van der Waals surface area contributed by atoms with Gasteiger partial charge in [-0.3, -0.25) is 9.59 Å². The number of fused-ring (bicyclic) bond motifs is 4. The second kappa shape index (κ2) is 7.95. The molecule has 0 fully saturated rings. The Morgan fingerprint density at radius 2 is 0.794 bits per heavy atom. The summed E-state index contributed by atoms with van der Waals surface area (Å²) in [6.45, 7) is 0. The molecule has 4 heteroatoms. The summed E-state index contributed by atoms with van der Waals surface area (Å²) in [6.07, 6.45) is 4.05. The van der Waals surface area contributed by atoms with E-state index in [2.05, 4.69) is 0 Å². The van der Waals surface area contributed by atoms with Crippen LogP contribution in [-0.4, -0.2) is 11.6 Å². The molecule has 0 aromatic heterocycles. The Kier molecular flexibility index (Phi) is 4.88. The first-order valence-electron chi connectivity index (χ1n) is 10.8. The van der Waals surface area contributed by atoms with Crippen molar-refractivity contribution >= 4 is 45.9 Å². The number of rotatable bonds is 1. The van der Waals surface area contributed by atoms with E-state index in [1.807, 2.05) is 72.8 Å². The van der Waals surface area contributed by atoms with Crippen LogP contribution in [0.5, 0.6) is 0 Å². The number of allylic oxidation sites excluding steroid dienone is 2. The van der Waals surface area contributed by atoms with Crippen LogP contribution in [0.2, 0.25) is 10.0 Å². The molecular formula is C30H16Cl2O2. The minimum absolute atomic E-state index is 0.0356. The van der Waals surface area contributed by atoms with Gasteiger partial charge >= 0.3 is 0 Å². The van der Waals surface area contributed by atoms with Gasteiger partial charge in [-0.05, 0) is 57.7 Å². The summed E-state index contributed by atoms with van der Waals surface area (Å²) in [5.41, 5.74) is 7.74. The molecule has 2 aliphatic rings. The SMILES string of the molecule is O=C1c2ccccc2C(=CC=C2c3ccccc3C(=O)c3cc(Cl)ccc32)c2ccc(Cl)cc21. The molecule has 0 N–H and O–H groups in total. The molecule has 162 valence electrons. The molecule has 0 atom stereocenters. The molecule has 0 radical (unpaired) electrons. The van der Waals surface area contributed by atoms with Crippen molar-refractivity contribution in [2.75, 3.05) is 0 Å². The summed E-state index contributed by atoms with van der Waals surface area (Å²) >= 11 is 12.5. The highest BCUT2D eigenvalue weighted by Gasteiger charge is 2.28. The Morgan fingerprint density at radius 1 is 0.441 bits per heavy atom. The molecule has 0 spiro atoms. The third-order valence-electron chi connectivity index (χ3n) is 6.37. The quantitative estimate of drug-likeness (QED) is 0.243. The Morgan fingerprint density at radius 3 is 1.21 bits per heavy atom. The van der Waals surface area contributed by atoms with Gasteiger partial charge in [0.25, 0.3) is 0 Å². The maximum Gasteiger partial charge on any atom is 0.194 e. The molecule has 0 bridgehead atoms. The van der Waals surface area contributed by atoms with Gasteiger partial charge in [-0.1, -0.05) is 96.0 Å². The van der Waals surface area contributed by atoms with E-state index >= 15 is 0 Å². The van der Waals surface area contributed by atoms with E-state index in [0.29, 0.717) is 32.3 Å². The Bertz CT molecular complexity index is 1490. The number of hydrogen-bond donors (Lipinski definition) is 0. The van der Waals surface area contributed by atoms with Crippen molar-refractivity contribution in [3.63, 3.8) is 0 Å². The van der Waals surface area contributed by atoms with Crippen molar-refractivity contribution in [3.05, 3.63) is 152 Å². The van der Waals surface area contributed by atoms with Crippen LogP contribution in [0.4, 0.5) is 0 Å². The maximum absolute atomic E-state index is 13.2. The fourth-order valence-electron chi connectivity index (χ4n) is 4.82. The zero-order valence-electron chi connectivity index (χ0n) is 17.8. The molecule has 6 rings (SSSR count). The standard InChI is InChI=1S/C30H16Cl2O2/c31-17-9-11-23-21(19-5-1-3-7-25(19)29(33)27(23)15-17)13-14-22-20-6-2-4-8-26(20)30(34)28-16-18(32)10-12-24(22)28/h1-16H. The molecule has 0 unspecified atom stereocenters. The summed E-state index contributed by atoms with van der Waals surface area (Å²) in [4.78, 5) is 26.3. The molecule has 34 heavy (non-hydrogen) atoms. The lowest BCUT2D eigenvalue weighted by atomic mass is 9.79. The first-order valence-corrected chi connectivity index (χ1v) is 11.6. The van der Waals surface area contributed by atoms with Crippen LogP contribution in [0.15, 0.2) is 97.1 Å². The average molecular weight is 479 g/mol. The minimum atomic E-state index is -0.0356. The molecule has 4 aromatic carbocycles. The Balaban J connectivity index is 1.62. The first kappa shape index (κ1) is 20.9. The van der Waals surface area contributed by atoms with Gasteiger partial charge in [-0.2, -0.15) is 0 Å². The van der Waals surface area contributed by atoms with Crippen molar-refractivity contribution in [1.29, 1.82) is 0 Å². The second-order valence-corrected chi connectivity index (χ2v) is 9.16. The Hall–Kier alpha value is -3.72. The van der Waals surface area contributed by atoms with Gasteiger partial charge in [0.2, 0.25) is 0 Å². The molecule has 0 saturated carbocycles. The molecule has 4 aromatic rings. The van der Waals surface area contributed by atoms with Gasteiger partial charge in [0.05, 0.1) is 0 Å². The molecular weight excluding hydrogens is 463 g/mol. The minimum Gasteiger partial charge on any atom is -0.289 e. The van der Waals surface area contributed by atoms with Gasteiger partial charge in [0.15, 0.2) is 11.6 Å². The lowest BCUT2D eigenvalue weighted by molar-refractivity contribution is 0.102. The molecule has 0 heterocycles. The van der Waals surface area contributed by atoms with E-state index in [1.165, 1.54) is 0 Å². The molecule has 0 saturated heterocycles. The van der Waals surface area contributed by atoms with Gasteiger partial charge in [-0.15, -0.1) is 0 Å². The van der Waals surface area contributed by atoms with Gasteiger partial charge < -0.3 is 0 Å². The highest BCUT2D eigenvalue weighted by Crippen LogP contribution is 2.40. The number of carbonyl (C=O) groups is 2. The van der Waals surface area contributed by atoms with E-state index in [4.69, 9.17) is 23.2 Å². The van der Waals surface area contributed by atoms with Gasteiger partial charge in [-0.25, -0.2) is 0 Å². The normalized spacial score (nSPS) is 16.2. The maximum atomic E-state index is 13.2. The highest BCUT2D eigenvalue weighted by atomic mass is 35.5. The van der Waals surface area contributed by atoms with Gasteiger partial charge in [0, 0.05) is 32.3 Å². The van der Waals surface area contributed by atoms with Crippen LogP contribution in [-0.2, 0) is 0 Å². The third kappa shape index (κ3) is 3.19.